The molecular formula is C12H17N3O3. The van der Waals surface area contributed by atoms with Crippen molar-refractivity contribution in [1.29, 1.82) is 0 Å². The van der Waals surface area contributed by atoms with E-state index in [0.29, 0.717) is 18.8 Å². The highest BCUT2D eigenvalue weighted by atomic mass is 16.4. The van der Waals surface area contributed by atoms with Crippen LogP contribution in [0.2, 0.25) is 0 Å². The summed E-state index contributed by atoms with van der Waals surface area (Å²) in [4.78, 5) is 13.9. The number of nitrogens with zero attached hydrogens (tertiary/aromatic N) is 2. The summed E-state index contributed by atoms with van der Waals surface area (Å²) in [6, 6.07) is 1.76. The van der Waals surface area contributed by atoms with E-state index in [1.807, 2.05) is 6.92 Å². The molecule has 6 nitrogen and oxygen atoms in total. The lowest BCUT2D eigenvalue weighted by Crippen LogP contribution is -2.44. The van der Waals surface area contributed by atoms with Crippen LogP contribution >= 0.6 is 0 Å². The molecule has 0 spiro atoms. The van der Waals surface area contributed by atoms with Crippen LogP contribution in [-0.4, -0.2) is 34.9 Å². The Bertz CT molecular complexity index is 467. The highest BCUT2D eigenvalue weighted by Crippen LogP contribution is 2.20. The third-order valence-electron chi connectivity index (χ3n) is 3.30. The highest BCUT2D eigenvalue weighted by Gasteiger charge is 2.28. The largest absolute Gasteiger partial charge is 0.459 e. The minimum Gasteiger partial charge on any atom is -0.459 e. The maximum Gasteiger partial charge on any atom is 0.289 e. The van der Waals surface area contributed by atoms with Crippen molar-refractivity contribution < 1.29 is 14.4 Å². The molecule has 3 N–H and O–H groups in total. The van der Waals surface area contributed by atoms with E-state index in [9.17, 15) is 4.79 Å². The van der Waals surface area contributed by atoms with Gasteiger partial charge in [0.1, 0.15) is 5.84 Å². The van der Waals surface area contributed by atoms with Crippen LogP contribution in [0.3, 0.4) is 0 Å². The SMILES string of the molecule is Cc1ccoc1C(=O)N1CCCC(C(N)=NO)C1. The van der Waals surface area contributed by atoms with Gasteiger partial charge in [0.2, 0.25) is 0 Å². The minimum absolute atomic E-state index is 0.0806. The second-order valence-corrected chi connectivity index (χ2v) is 4.55. The Morgan fingerprint density at radius 3 is 3.06 bits per heavy atom. The molecule has 0 aromatic carbocycles. The van der Waals surface area contributed by atoms with Gasteiger partial charge in [0.05, 0.1) is 6.26 Å². The van der Waals surface area contributed by atoms with E-state index in [2.05, 4.69) is 5.16 Å². The zero-order valence-electron chi connectivity index (χ0n) is 10.3. The minimum atomic E-state index is -0.132. The first-order valence-electron chi connectivity index (χ1n) is 5.94. The number of nitrogens with two attached hydrogens (primary N) is 1. The first kappa shape index (κ1) is 12.5. The second-order valence-electron chi connectivity index (χ2n) is 4.55. The summed E-state index contributed by atoms with van der Waals surface area (Å²) < 4.78 is 5.20. The molecule has 1 aromatic rings. The smallest absolute Gasteiger partial charge is 0.289 e. The number of aryl methyl sites for hydroxylation is 1. The van der Waals surface area contributed by atoms with Crippen molar-refractivity contribution in [3.05, 3.63) is 23.7 Å². The zero-order valence-corrected chi connectivity index (χ0v) is 10.3. The number of carbonyl (C=O) groups excluding carboxylic acids is 1. The van der Waals surface area contributed by atoms with Crippen molar-refractivity contribution >= 4 is 11.7 Å². The van der Waals surface area contributed by atoms with Crippen molar-refractivity contribution in [2.24, 2.45) is 16.8 Å². The van der Waals surface area contributed by atoms with E-state index in [4.69, 9.17) is 15.4 Å². The van der Waals surface area contributed by atoms with Gasteiger partial charge in [-0.25, -0.2) is 0 Å². The summed E-state index contributed by atoms with van der Waals surface area (Å²) in [5.41, 5.74) is 6.42. The molecule has 2 heterocycles. The summed E-state index contributed by atoms with van der Waals surface area (Å²) in [5.74, 6) is 0.342. The second kappa shape index (κ2) is 5.12. The molecule has 1 amide bonds. The first-order chi connectivity index (χ1) is 8.63. The quantitative estimate of drug-likeness (QED) is 0.357. The predicted molar refractivity (Wildman–Crippen MR) is 65.5 cm³/mol. The third-order valence-corrected chi connectivity index (χ3v) is 3.30. The molecule has 18 heavy (non-hydrogen) atoms. The zero-order chi connectivity index (χ0) is 13.1. The summed E-state index contributed by atoms with van der Waals surface area (Å²) in [6.45, 7) is 2.98. The van der Waals surface area contributed by atoms with E-state index in [1.165, 1.54) is 6.26 Å². The molecule has 0 bridgehead atoms. The Labute approximate surface area is 105 Å². The van der Waals surface area contributed by atoms with Gasteiger partial charge in [0, 0.05) is 24.6 Å². The fourth-order valence-corrected chi connectivity index (χ4v) is 2.22. The number of amides is 1. The van der Waals surface area contributed by atoms with Gasteiger partial charge in [0.15, 0.2) is 5.76 Å². The normalized spacial score (nSPS) is 21.1. The number of oxime groups is 1. The molecule has 1 unspecified atom stereocenters. The van der Waals surface area contributed by atoms with E-state index in [1.54, 1.807) is 11.0 Å². The summed E-state index contributed by atoms with van der Waals surface area (Å²) in [6.07, 6.45) is 3.18. The fraction of sp³-hybridized carbons (Fsp3) is 0.500. The maximum absolute atomic E-state index is 12.2. The van der Waals surface area contributed by atoms with Gasteiger partial charge in [-0.3, -0.25) is 4.79 Å². The Hall–Kier alpha value is -1.98. The Morgan fingerprint density at radius 2 is 2.44 bits per heavy atom. The third kappa shape index (κ3) is 2.32. The van der Waals surface area contributed by atoms with Gasteiger partial charge in [-0.15, -0.1) is 0 Å². The van der Waals surface area contributed by atoms with Crippen molar-refractivity contribution in [2.45, 2.75) is 19.8 Å². The number of rotatable bonds is 2. The monoisotopic (exact) mass is 251 g/mol. The van der Waals surface area contributed by atoms with Crippen molar-refractivity contribution in [2.75, 3.05) is 13.1 Å². The van der Waals surface area contributed by atoms with Gasteiger partial charge >= 0.3 is 0 Å². The molecule has 0 saturated carbocycles. The van der Waals surface area contributed by atoms with E-state index in [0.717, 1.165) is 18.4 Å². The lowest BCUT2D eigenvalue weighted by molar-refractivity contribution is 0.0668. The average molecular weight is 251 g/mol. The van der Waals surface area contributed by atoms with Gasteiger partial charge in [0.25, 0.3) is 5.91 Å². The van der Waals surface area contributed by atoms with Crippen molar-refractivity contribution in [3.63, 3.8) is 0 Å². The van der Waals surface area contributed by atoms with Crippen molar-refractivity contribution in [1.82, 2.24) is 4.90 Å². The summed E-state index contributed by atoms with van der Waals surface area (Å²) >= 11 is 0. The molecular weight excluding hydrogens is 234 g/mol. The van der Waals surface area contributed by atoms with Crippen LogP contribution in [0.25, 0.3) is 0 Å². The van der Waals surface area contributed by atoms with Crippen LogP contribution < -0.4 is 5.73 Å². The Kier molecular flexibility index (Phi) is 3.55. The summed E-state index contributed by atoms with van der Waals surface area (Å²) in [7, 11) is 0. The van der Waals surface area contributed by atoms with Crippen molar-refractivity contribution in [3.8, 4) is 0 Å². The number of hydrogen-bond acceptors (Lipinski definition) is 4. The number of piperidine rings is 1. The number of furan rings is 1. The molecule has 1 fully saturated rings. The number of hydrogen-bond donors (Lipinski definition) is 2. The summed E-state index contributed by atoms with van der Waals surface area (Å²) in [5, 5.41) is 11.7. The molecule has 1 aromatic heterocycles. The molecule has 1 saturated heterocycles. The van der Waals surface area contributed by atoms with E-state index < -0.39 is 0 Å². The molecule has 0 radical (unpaired) electrons. The highest BCUT2D eigenvalue weighted by molar-refractivity contribution is 5.93. The van der Waals surface area contributed by atoms with Crippen LogP contribution in [0.1, 0.15) is 29.0 Å². The molecule has 0 aliphatic carbocycles. The van der Waals surface area contributed by atoms with Crippen LogP contribution in [0.4, 0.5) is 0 Å². The fourth-order valence-electron chi connectivity index (χ4n) is 2.22. The van der Waals surface area contributed by atoms with Crippen LogP contribution in [0.5, 0.6) is 0 Å². The number of amidine groups is 1. The molecule has 1 aliphatic heterocycles. The first-order valence-corrected chi connectivity index (χ1v) is 5.94. The number of likely N-dealkylation sites (tertiary alicyclic amines) is 1. The Balaban J connectivity index is 2.10. The topological polar surface area (TPSA) is 92.1 Å². The van der Waals surface area contributed by atoms with Gasteiger partial charge in [-0.2, -0.15) is 0 Å². The average Bonchev–Trinajstić information content (AvgIpc) is 2.83. The van der Waals surface area contributed by atoms with Gasteiger partial charge < -0.3 is 20.3 Å². The lowest BCUT2D eigenvalue weighted by atomic mass is 9.97. The molecule has 2 rings (SSSR count). The van der Waals surface area contributed by atoms with Crippen LogP contribution in [0.15, 0.2) is 21.9 Å². The van der Waals surface area contributed by atoms with Gasteiger partial charge in [-0.1, -0.05) is 5.16 Å². The standard InChI is InChI=1S/C12H17N3O3/c1-8-4-6-18-10(8)12(16)15-5-2-3-9(7-15)11(13)14-17/h4,6,9,17H,2-3,5,7H2,1H3,(H2,13,14). The Morgan fingerprint density at radius 1 is 1.67 bits per heavy atom. The molecule has 1 aliphatic rings. The molecule has 1 atom stereocenters. The van der Waals surface area contributed by atoms with E-state index >= 15 is 0 Å². The molecule has 98 valence electrons. The maximum atomic E-state index is 12.2. The number of carbonyl (C=O) groups is 1. The molecule has 6 heteroatoms. The lowest BCUT2D eigenvalue weighted by Gasteiger charge is -2.31. The van der Waals surface area contributed by atoms with Crippen LogP contribution in [0, 0.1) is 12.8 Å². The van der Waals surface area contributed by atoms with Crippen LogP contribution in [-0.2, 0) is 0 Å². The van der Waals surface area contributed by atoms with Gasteiger partial charge in [-0.05, 0) is 25.8 Å². The predicted octanol–water partition coefficient (Wildman–Crippen LogP) is 1.19. The van der Waals surface area contributed by atoms with E-state index in [-0.39, 0.29) is 17.7 Å².